The van der Waals surface area contributed by atoms with Crippen LogP contribution in [0.1, 0.15) is 31.2 Å². The van der Waals surface area contributed by atoms with Crippen molar-refractivity contribution in [2.24, 2.45) is 4.99 Å². The first-order valence-electron chi connectivity index (χ1n) is 5.52. The third-order valence-electron chi connectivity index (χ3n) is 2.71. The van der Waals surface area contributed by atoms with Crippen LogP contribution in [0.15, 0.2) is 35.3 Å². The van der Waals surface area contributed by atoms with Crippen molar-refractivity contribution in [2.75, 3.05) is 0 Å². The topological polar surface area (TPSA) is 32.6 Å². The van der Waals surface area contributed by atoms with Crippen LogP contribution in [0.3, 0.4) is 0 Å². The van der Waals surface area contributed by atoms with Crippen molar-refractivity contribution < 1.29 is 26.8 Å². The fraction of sp³-hybridized carbons (Fsp3) is 0.385. The van der Waals surface area contributed by atoms with Crippen molar-refractivity contribution in [1.29, 1.82) is 0 Å². The molecule has 0 heterocycles. The molecule has 0 spiro atoms. The minimum Gasteiger partial charge on any atom is -0.493 e. The van der Waals surface area contributed by atoms with Crippen LogP contribution in [-0.2, 0) is 21.7 Å². The maximum absolute atomic E-state index is 9.80. The van der Waals surface area contributed by atoms with Gasteiger partial charge in [-0.15, -0.1) is 0 Å². The van der Waals surface area contributed by atoms with Gasteiger partial charge >= 0.3 is 0 Å². The molecule has 1 N–H and O–H groups in total. The summed E-state index contributed by atoms with van der Waals surface area (Å²) in [4.78, 5) is 4.32. The van der Waals surface area contributed by atoms with Gasteiger partial charge in [-0.25, -0.2) is 4.99 Å². The number of aliphatic imine (C=N–C) groups is 1. The Morgan fingerprint density at radius 3 is 2.56 bits per heavy atom. The summed E-state index contributed by atoms with van der Waals surface area (Å²) in [5.41, 5.74) is 0.802. The van der Waals surface area contributed by atoms with Crippen LogP contribution in [0.5, 0.6) is 0 Å². The summed E-state index contributed by atoms with van der Waals surface area (Å²) in [7, 11) is 0. The molecule has 0 saturated heterocycles. The minimum atomic E-state index is 0. The van der Waals surface area contributed by atoms with Gasteiger partial charge in [0.05, 0.1) is 6.04 Å². The van der Waals surface area contributed by atoms with Gasteiger partial charge < -0.3 is 5.11 Å². The summed E-state index contributed by atoms with van der Waals surface area (Å²) >= 11 is 0. The molecule has 1 radical (unpaired) electrons. The molecule has 1 aromatic carbocycles. The molecule has 0 aromatic heterocycles. The number of hydrogen-bond donors (Lipinski definition) is 1. The SMILES string of the molecule is OC(=N[C@H]1[CH]CCCC1)c1ccccc1.[Ti]. The first kappa shape index (κ1) is 13.5. The predicted molar refractivity (Wildman–Crippen MR) is 62.2 cm³/mol. The molecule has 0 aliphatic heterocycles. The average Bonchev–Trinajstić information content (AvgIpc) is 2.31. The van der Waals surface area contributed by atoms with Gasteiger partial charge in [-0.05, 0) is 31.4 Å². The second-order valence-corrected chi connectivity index (χ2v) is 3.91. The normalized spacial score (nSPS) is 17.9. The monoisotopic (exact) mass is 250 g/mol. The van der Waals surface area contributed by atoms with Crippen LogP contribution in [0.2, 0.25) is 0 Å². The maximum atomic E-state index is 9.80. The third kappa shape index (κ3) is 3.77. The van der Waals surface area contributed by atoms with Crippen molar-refractivity contribution >= 4 is 5.90 Å². The van der Waals surface area contributed by atoms with E-state index in [-0.39, 0.29) is 33.7 Å². The van der Waals surface area contributed by atoms with Gasteiger partial charge in [0, 0.05) is 27.3 Å². The van der Waals surface area contributed by atoms with Gasteiger partial charge in [-0.1, -0.05) is 31.0 Å². The standard InChI is InChI=1S/C13H16NO.Ti/c15-13(11-7-3-1-4-8-11)14-12-9-5-2-6-10-12;/h1,3-4,7-9,12H,2,5-6,10H2,(H,14,15);/t12-;/m0./s1. The minimum absolute atomic E-state index is 0. The Bertz CT molecular complexity index is 331. The fourth-order valence-electron chi connectivity index (χ4n) is 1.86. The van der Waals surface area contributed by atoms with E-state index in [9.17, 15) is 5.11 Å². The van der Waals surface area contributed by atoms with Gasteiger partial charge in [0.25, 0.3) is 0 Å². The summed E-state index contributed by atoms with van der Waals surface area (Å²) in [5, 5.41) is 9.80. The van der Waals surface area contributed by atoms with Crippen molar-refractivity contribution in [1.82, 2.24) is 0 Å². The van der Waals surface area contributed by atoms with Crippen LogP contribution in [-0.4, -0.2) is 17.0 Å². The molecule has 0 amide bonds. The Morgan fingerprint density at radius 2 is 1.94 bits per heavy atom. The third-order valence-corrected chi connectivity index (χ3v) is 2.71. The Labute approximate surface area is 112 Å². The van der Waals surface area contributed by atoms with Crippen LogP contribution in [0, 0.1) is 6.42 Å². The number of aliphatic hydroxyl groups is 1. The Kier molecular flexibility index (Phi) is 5.79. The quantitative estimate of drug-likeness (QED) is 0.488. The molecule has 1 atom stereocenters. The van der Waals surface area contributed by atoms with Gasteiger partial charge in [-0.3, -0.25) is 0 Å². The van der Waals surface area contributed by atoms with E-state index in [1.807, 2.05) is 30.3 Å². The second-order valence-electron chi connectivity index (χ2n) is 3.91. The van der Waals surface area contributed by atoms with Gasteiger partial charge in [0.1, 0.15) is 0 Å². The first-order valence-corrected chi connectivity index (χ1v) is 5.52. The van der Waals surface area contributed by atoms with Crippen molar-refractivity contribution in [3.8, 4) is 0 Å². The zero-order valence-electron chi connectivity index (χ0n) is 9.26. The zero-order valence-corrected chi connectivity index (χ0v) is 10.8. The molecule has 3 heteroatoms. The summed E-state index contributed by atoms with van der Waals surface area (Å²) < 4.78 is 0. The Morgan fingerprint density at radius 1 is 1.19 bits per heavy atom. The molecule has 0 unspecified atom stereocenters. The molecule has 1 aliphatic rings. The molecule has 16 heavy (non-hydrogen) atoms. The number of aliphatic hydroxyl groups excluding tert-OH is 1. The molecule has 2 nitrogen and oxygen atoms in total. The van der Waals surface area contributed by atoms with Crippen molar-refractivity contribution in [3.05, 3.63) is 42.3 Å². The summed E-state index contributed by atoms with van der Waals surface area (Å²) in [5.74, 6) is 0.166. The van der Waals surface area contributed by atoms with E-state index < -0.39 is 0 Å². The van der Waals surface area contributed by atoms with Gasteiger partial charge in [0.2, 0.25) is 5.90 Å². The maximum Gasteiger partial charge on any atom is 0.213 e. The summed E-state index contributed by atoms with van der Waals surface area (Å²) in [6, 6.07) is 9.71. The first-order chi connectivity index (χ1) is 7.36. The largest absolute Gasteiger partial charge is 0.493 e. The van der Waals surface area contributed by atoms with Crippen LogP contribution in [0.4, 0.5) is 0 Å². The van der Waals surface area contributed by atoms with E-state index in [4.69, 9.17) is 0 Å². The molecule has 2 rings (SSSR count). The van der Waals surface area contributed by atoms with E-state index in [1.54, 1.807) is 0 Å². The summed E-state index contributed by atoms with van der Waals surface area (Å²) in [6.07, 6.45) is 6.86. The molecule has 1 aliphatic carbocycles. The molecule has 1 fully saturated rings. The zero-order chi connectivity index (χ0) is 10.5. The predicted octanol–water partition coefficient (Wildman–Crippen LogP) is 3.14. The second kappa shape index (κ2) is 6.87. The smallest absolute Gasteiger partial charge is 0.213 e. The van der Waals surface area contributed by atoms with E-state index in [0.29, 0.717) is 0 Å². The summed E-state index contributed by atoms with van der Waals surface area (Å²) in [6.45, 7) is 0. The van der Waals surface area contributed by atoms with Gasteiger partial charge in [0.15, 0.2) is 0 Å². The van der Waals surface area contributed by atoms with Crippen molar-refractivity contribution in [3.63, 3.8) is 0 Å². The van der Waals surface area contributed by atoms with Crippen LogP contribution < -0.4 is 0 Å². The van der Waals surface area contributed by atoms with Gasteiger partial charge in [-0.2, -0.15) is 0 Å². The molecular formula is C13H16NOTi. The molecule has 1 saturated carbocycles. The van der Waals surface area contributed by atoms with E-state index in [1.165, 1.54) is 12.8 Å². The Balaban J connectivity index is 0.00000128. The molecule has 0 bridgehead atoms. The average molecular weight is 250 g/mol. The number of hydrogen-bond acceptors (Lipinski definition) is 1. The van der Waals surface area contributed by atoms with Crippen LogP contribution >= 0.6 is 0 Å². The van der Waals surface area contributed by atoms with E-state index in [2.05, 4.69) is 11.4 Å². The molecule has 1 aromatic rings. The number of benzene rings is 1. The molecule has 83 valence electrons. The number of nitrogens with zero attached hydrogens (tertiary/aromatic N) is 1. The number of rotatable bonds is 2. The van der Waals surface area contributed by atoms with E-state index >= 15 is 0 Å². The van der Waals surface area contributed by atoms with Crippen molar-refractivity contribution in [2.45, 2.75) is 31.7 Å². The Hall–Kier alpha value is -0.596. The molecular weight excluding hydrogens is 234 g/mol. The fourth-order valence-corrected chi connectivity index (χ4v) is 1.86. The van der Waals surface area contributed by atoms with E-state index in [0.717, 1.165) is 18.4 Å². The van der Waals surface area contributed by atoms with Crippen LogP contribution in [0.25, 0.3) is 0 Å².